The lowest BCUT2D eigenvalue weighted by atomic mass is 10.3. The van der Waals surface area contributed by atoms with Crippen LogP contribution in [0.25, 0.3) is 0 Å². The van der Waals surface area contributed by atoms with Crippen molar-refractivity contribution in [1.29, 1.82) is 0 Å². The second-order valence-corrected chi connectivity index (χ2v) is 6.97. The third-order valence-electron chi connectivity index (χ3n) is 3.31. The fourth-order valence-corrected chi connectivity index (χ4v) is 2.47. The van der Waals surface area contributed by atoms with Crippen LogP contribution in [0.1, 0.15) is 6.92 Å². The molecule has 1 amide bonds. The minimum Gasteiger partial charge on any atom is -0.479 e. The molecule has 0 heterocycles. The minimum atomic E-state index is -3.84. The van der Waals surface area contributed by atoms with E-state index < -0.39 is 40.4 Å². The fourth-order valence-electron chi connectivity index (χ4n) is 1.96. The monoisotopic (exact) mass is 396 g/mol. The number of anilines is 1. The van der Waals surface area contributed by atoms with Crippen LogP contribution in [0.3, 0.4) is 0 Å². The van der Waals surface area contributed by atoms with Crippen LogP contribution < -0.4 is 15.2 Å². The van der Waals surface area contributed by atoms with Gasteiger partial charge in [-0.05, 0) is 43.3 Å². The number of primary sulfonamides is 1. The number of sulfonamides is 1. The number of carbonyl (C=O) groups is 2. The molecule has 0 saturated heterocycles. The van der Waals surface area contributed by atoms with Gasteiger partial charge >= 0.3 is 5.97 Å². The summed E-state index contributed by atoms with van der Waals surface area (Å²) in [5.41, 5.74) is 0.290. The largest absolute Gasteiger partial charge is 0.479 e. The zero-order valence-corrected chi connectivity index (χ0v) is 15.0. The maximum absolute atomic E-state index is 13.4. The molecule has 0 aliphatic heterocycles. The number of para-hydroxylation sites is 1. The van der Waals surface area contributed by atoms with Gasteiger partial charge in [0.2, 0.25) is 10.0 Å². The van der Waals surface area contributed by atoms with Gasteiger partial charge in [0.25, 0.3) is 5.91 Å². The number of hydrogen-bond donors (Lipinski definition) is 2. The van der Waals surface area contributed by atoms with Gasteiger partial charge < -0.3 is 14.8 Å². The number of nitrogens with two attached hydrogens (primary N) is 1. The van der Waals surface area contributed by atoms with Crippen molar-refractivity contribution < 1.29 is 31.9 Å². The summed E-state index contributed by atoms with van der Waals surface area (Å²) in [5, 5.41) is 7.44. The number of carbonyl (C=O) groups excluding carboxylic acids is 2. The molecule has 0 spiro atoms. The van der Waals surface area contributed by atoms with Crippen LogP contribution in [0, 0.1) is 5.82 Å². The van der Waals surface area contributed by atoms with Crippen LogP contribution in [-0.4, -0.2) is 33.0 Å². The molecule has 144 valence electrons. The van der Waals surface area contributed by atoms with Crippen molar-refractivity contribution >= 4 is 27.6 Å². The number of benzene rings is 2. The van der Waals surface area contributed by atoms with Crippen LogP contribution in [-0.2, 0) is 24.3 Å². The lowest BCUT2D eigenvalue weighted by Gasteiger charge is -2.14. The molecule has 0 aromatic heterocycles. The van der Waals surface area contributed by atoms with Crippen molar-refractivity contribution in [3.63, 3.8) is 0 Å². The lowest BCUT2D eigenvalue weighted by molar-refractivity contribution is -0.155. The second kappa shape index (κ2) is 8.60. The number of esters is 1. The summed E-state index contributed by atoms with van der Waals surface area (Å²) in [6, 6.07) is 10.7. The summed E-state index contributed by atoms with van der Waals surface area (Å²) in [4.78, 5) is 23.6. The quantitative estimate of drug-likeness (QED) is 0.682. The first-order valence-electron chi connectivity index (χ1n) is 7.67. The van der Waals surface area contributed by atoms with Gasteiger partial charge in [0.05, 0.1) is 4.90 Å². The van der Waals surface area contributed by atoms with Gasteiger partial charge in [-0.3, -0.25) is 4.79 Å². The molecule has 3 N–H and O–H groups in total. The number of rotatable bonds is 7. The third-order valence-corrected chi connectivity index (χ3v) is 4.24. The van der Waals surface area contributed by atoms with E-state index in [1.54, 1.807) is 6.07 Å². The third kappa shape index (κ3) is 6.04. The highest BCUT2D eigenvalue weighted by Gasteiger charge is 2.19. The van der Waals surface area contributed by atoms with Crippen molar-refractivity contribution in [2.75, 3.05) is 11.9 Å². The molecule has 0 unspecified atom stereocenters. The molecule has 2 aromatic carbocycles. The maximum atomic E-state index is 13.4. The van der Waals surface area contributed by atoms with Crippen LogP contribution in [0.2, 0.25) is 0 Å². The van der Waals surface area contributed by atoms with Crippen molar-refractivity contribution in [2.24, 2.45) is 5.14 Å². The first-order valence-corrected chi connectivity index (χ1v) is 9.22. The molecule has 0 aliphatic rings. The van der Waals surface area contributed by atoms with Crippen LogP contribution in [0.4, 0.5) is 10.1 Å². The van der Waals surface area contributed by atoms with E-state index in [1.807, 2.05) is 0 Å². The number of nitrogens with one attached hydrogen (secondary N) is 1. The molecule has 2 rings (SSSR count). The Morgan fingerprint density at radius 2 is 1.78 bits per heavy atom. The average molecular weight is 396 g/mol. The van der Waals surface area contributed by atoms with E-state index >= 15 is 0 Å². The number of halogens is 1. The molecule has 0 aliphatic carbocycles. The first-order chi connectivity index (χ1) is 12.7. The maximum Gasteiger partial charge on any atom is 0.344 e. The summed E-state index contributed by atoms with van der Waals surface area (Å²) in [6.45, 7) is 0.774. The van der Waals surface area contributed by atoms with E-state index in [2.05, 4.69) is 5.32 Å². The normalized spacial score (nSPS) is 12.1. The summed E-state index contributed by atoms with van der Waals surface area (Å²) in [5.74, 6) is -2.23. The minimum absolute atomic E-state index is 0.106. The van der Waals surface area contributed by atoms with Crippen LogP contribution in [0.15, 0.2) is 53.4 Å². The van der Waals surface area contributed by atoms with Crippen LogP contribution >= 0.6 is 0 Å². The molecule has 2 aromatic rings. The highest BCUT2D eigenvalue weighted by Crippen LogP contribution is 2.16. The number of hydrogen-bond acceptors (Lipinski definition) is 6. The Kier molecular flexibility index (Phi) is 6.48. The van der Waals surface area contributed by atoms with E-state index in [-0.39, 0.29) is 16.3 Å². The van der Waals surface area contributed by atoms with Gasteiger partial charge in [-0.15, -0.1) is 0 Å². The Balaban J connectivity index is 1.86. The van der Waals surface area contributed by atoms with Crippen molar-refractivity contribution in [3.8, 4) is 5.75 Å². The van der Waals surface area contributed by atoms with Gasteiger partial charge in [0.1, 0.15) is 0 Å². The number of amides is 1. The average Bonchev–Trinajstić information content (AvgIpc) is 2.60. The van der Waals surface area contributed by atoms with Crippen LogP contribution in [0.5, 0.6) is 5.75 Å². The van der Waals surface area contributed by atoms with Gasteiger partial charge in [0.15, 0.2) is 24.3 Å². The predicted molar refractivity (Wildman–Crippen MR) is 93.9 cm³/mol. The molecule has 27 heavy (non-hydrogen) atoms. The molecule has 10 heteroatoms. The smallest absolute Gasteiger partial charge is 0.344 e. The Morgan fingerprint density at radius 1 is 1.15 bits per heavy atom. The summed E-state index contributed by atoms with van der Waals surface area (Å²) < 4.78 is 45.6. The molecule has 1 atom stereocenters. The first kappa shape index (κ1) is 20.3. The van der Waals surface area contributed by atoms with E-state index in [0.717, 1.165) is 0 Å². The molecular formula is C17H17FN2O6S. The fraction of sp³-hybridized carbons (Fsp3) is 0.176. The Hall–Kier alpha value is -2.98. The summed E-state index contributed by atoms with van der Waals surface area (Å²) >= 11 is 0. The van der Waals surface area contributed by atoms with Crippen molar-refractivity contribution in [3.05, 3.63) is 54.3 Å². The van der Waals surface area contributed by atoms with Gasteiger partial charge in [0, 0.05) is 5.69 Å². The van der Waals surface area contributed by atoms with Gasteiger partial charge in [-0.25, -0.2) is 22.7 Å². The molecule has 0 saturated carbocycles. The zero-order valence-electron chi connectivity index (χ0n) is 14.2. The summed E-state index contributed by atoms with van der Waals surface area (Å²) in [7, 11) is -3.84. The summed E-state index contributed by atoms with van der Waals surface area (Å²) in [6.07, 6.45) is -1.15. The predicted octanol–water partition coefficient (Wildman–Crippen LogP) is 1.42. The molecule has 0 radical (unpaired) electrons. The van der Waals surface area contributed by atoms with E-state index in [4.69, 9.17) is 14.6 Å². The number of ether oxygens (including phenoxy) is 2. The van der Waals surface area contributed by atoms with Crippen molar-refractivity contribution in [2.45, 2.75) is 17.9 Å². The van der Waals surface area contributed by atoms with E-state index in [1.165, 1.54) is 49.4 Å². The van der Waals surface area contributed by atoms with Gasteiger partial charge in [-0.1, -0.05) is 12.1 Å². The molecular weight excluding hydrogens is 379 g/mol. The Bertz CT molecular complexity index is 931. The zero-order chi connectivity index (χ0) is 20.0. The second-order valence-electron chi connectivity index (χ2n) is 5.41. The van der Waals surface area contributed by atoms with Crippen molar-refractivity contribution in [1.82, 2.24) is 0 Å². The lowest BCUT2D eigenvalue weighted by Crippen LogP contribution is -2.31. The Morgan fingerprint density at radius 3 is 2.37 bits per heavy atom. The topological polar surface area (TPSA) is 125 Å². The standard InChI is InChI=1S/C17H17FN2O6S/c1-11(26-16(21)10-25-15-5-3-2-4-14(15)18)17(22)20-12-6-8-13(9-7-12)27(19,23)24/h2-9,11H,10H2,1H3,(H,20,22)(H2,19,23,24)/t11-/m0/s1. The highest BCUT2D eigenvalue weighted by atomic mass is 32.2. The Labute approximate surface area is 155 Å². The molecule has 0 bridgehead atoms. The van der Waals surface area contributed by atoms with E-state index in [9.17, 15) is 22.4 Å². The highest BCUT2D eigenvalue weighted by molar-refractivity contribution is 7.89. The SMILES string of the molecule is C[C@H](OC(=O)COc1ccccc1F)C(=O)Nc1ccc(S(N)(=O)=O)cc1. The molecule has 0 fully saturated rings. The molecule has 8 nitrogen and oxygen atoms in total. The van der Waals surface area contributed by atoms with Gasteiger partial charge in [-0.2, -0.15) is 0 Å². The van der Waals surface area contributed by atoms with E-state index in [0.29, 0.717) is 0 Å².